The van der Waals surface area contributed by atoms with Gasteiger partial charge in [-0.25, -0.2) is 0 Å². The highest BCUT2D eigenvalue weighted by Gasteiger charge is 2.24. The number of allylic oxidation sites excluding steroid dienone is 2. The molecule has 0 bridgehead atoms. The van der Waals surface area contributed by atoms with Gasteiger partial charge in [-0.3, -0.25) is 9.59 Å². The second kappa shape index (κ2) is 13.9. The Kier molecular flexibility index (Phi) is 9.78. The maximum absolute atomic E-state index is 13.3. The van der Waals surface area contributed by atoms with E-state index in [4.69, 9.17) is 18.3 Å². The van der Waals surface area contributed by atoms with Crippen LogP contribution >= 0.6 is 0 Å². The minimum Gasteiger partial charge on any atom is -0.493 e. The summed E-state index contributed by atoms with van der Waals surface area (Å²) < 4.78 is 37.9. The molecule has 0 aliphatic heterocycles. The monoisotopic (exact) mass is 437 g/mol. The maximum Gasteiger partial charge on any atom is 0.307 e. The number of ether oxygens (including phenoxy) is 3. The van der Waals surface area contributed by atoms with Crippen molar-refractivity contribution in [2.24, 2.45) is 23.7 Å². The molecular weight excluding hydrogens is 396 g/mol. The molecule has 174 valence electrons. The molecule has 6 heteroatoms. The van der Waals surface area contributed by atoms with E-state index in [0.29, 0.717) is 31.4 Å². The van der Waals surface area contributed by atoms with Crippen molar-refractivity contribution in [3.05, 3.63) is 35.9 Å². The second-order valence-corrected chi connectivity index (χ2v) is 8.30. The van der Waals surface area contributed by atoms with E-state index in [-0.39, 0.29) is 41.6 Å². The Balaban J connectivity index is 3.04. The van der Waals surface area contributed by atoms with Crippen molar-refractivity contribution < 1.29 is 33.0 Å². The smallest absolute Gasteiger partial charge is 0.307 e. The summed E-state index contributed by atoms with van der Waals surface area (Å²) in [7, 11) is -1.07. The van der Waals surface area contributed by atoms with Gasteiger partial charge < -0.3 is 19.3 Å². The Morgan fingerprint density at radius 2 is 1.68 bits per heavy atom. The highest BCUT2D eigenvalue weighted by atomic mass is 16.5. The number of carboxylic acid groups (broad SMARTS) is 1. The summed E-state index contributed by atoms with van der Waals surface area (Å²) >= 11 is 0. The van der Waals surface area contributed by atoms with E-state index >= 15 is 0 Å². The molecule has 31 heavy (non-hydrogen) atoms. The molecule has 1 N–H and O–H groups in total. The van der Waals surface area contributed by atoms with E-state index in [2.05, 4.69) is 0 Å². The SMILES string of the molecule is [2H]C([2H])([2H])Oc1ccc(C(=O)C(CC=CC[C@H](C(=O)O)C(C)C)C(C)C)cc1OCCCOC. The van der Waals surface area contributed by atoms with Crippen LogP contribution in [-0.4, -0.2) is 44.2 Å². The molecule has 0 heterocycles. The first-order valence-corrected chi connectivity index (χ1v) is 10.7. The van der Waals surface area contributed by atoms with E-state index in [1.165, 1.54) is 12.1 Å². The van der Waals surface area contributed by atoms with Gasteiger partial charge in [0.05, 0.1) is 23.7 Å². The molecular formula is C25H38O6. The zero-order valence-corrected chi connectivity index (χ0v) is 19.2. The van der Waals surface area contributed by atoms with Crippen LogP contribution in [0.15, 0.2) is 30.4 Å². The Hall–Kier alpha value is -2.34. The first kappa shape index (κ1) is 21.9. The normalized spacial score (nSPS) is 15.4. The number of hydrogen-bond donors (Lipinski definition) is 1. The van der Waals surface area contributed by atoms with Crippen molar-refractivity contribution in [1.82, 2.24) is 0 Å². The topological polar surface area (TPSA) is 82.1 Å². The van der Waals surface area contributed by atoms with E-state index in [1.807, 2.05) is 39.8 Å². The number of hydrogen-bond acceptors (Lipinski definition) is 5. The van der Waals surface area contributed by atoms with Gasteiger partial charge in [0.1, 0.15) is 0 Å². The van der Waals surface area contributed by atoms with E-state index in [9.17, 15) is 14.7 Å². The number of aliphatic carboxylic acids is 1. The lowest BCUT2D eigenvalue weighted by Crippen LogP contribution is -2.20. The van der Waals surface area contributed by atoms with Gasteiger partial charge in [-0.15, -0.1) is 0 Å². The van der Waals surface area contributed by atoms with Crippen LogP contribution in [0.5, 0.6) is 11.5 Å². The molecule has 0 saturated heterocycles. The van der Waals surface area contributed by atoms with Gasteiger partial charge in [0.15, 0.2) is 17.3 Å². The molecule has 0 aliphatic carbocycles. The molecule has 1 aromatic carbocycles. The quantitative estimate of drug-likeness (QED) is 0.229. The lowest BCUT2D eigenvalue weighted by molar-refractivity contribution is -0.143. The third-order valence-electron chi connectivity index (χ3n) is 5.30. The van der Waals surface area contributed by atoms with Crippen molar-refractivity contribution in [1.29, 1.82) is 0 Å². The predicted octanol–water partition coefficient (Wildman–Crippen LogP) is 5.26. The number of ketones is 1. The van der Waals surface area contributed by atoms with Gasteiger partial charge in [0.2, 0.25) is 0 Å². The van der Waals surface area contributed by atoms with Crippen LogP contribution in [0.4, 0.5) is 0 Å². The van der Waals surface area contributed by atoms with Crippen molar-refractivity contribution in [2.45, 2.75) is 47.0 Å². The molecule has 0 radical (unpaired) electrons. The summed E-state index contributed by atoms with van der Waals surface area (Å²) in [6.45, 7) is 8.43. The molecule has 1 aromatic rings. The minimum atomic E-state index is -2.65. The van der Waals surface area contributed by atoms with Crippen LogP contribution in [0.2, 0.25) is 0 Å². The van der Waals surface area contributed by atoms with Crippen molar-refractivity contribution in [3.63, 3.8) is 0 Å². The fraction of sp³-hybridized carbons (Fsp3) is 0.600. The number of benzene rings is 1. The maximum atomic E-state index is 13.3. The molecule has 0 amide bonds. The fourth-order valence-corrected chi connectivity index (χ4v) is 3.28. The lowest BCUT2D eigenvalue weighted by Gasteiger charge is -2.19. The molecule has 0 spiro atoms. The van der Waals surface area contributed by atoms with E-state index < -0.39 is 18.9 Å². The summed E-state index contributed by atoms with van der Waals surface area (Å²) in [4.78, 5) is 24.7. The Bertz CT molecular complexity index is 817. The second-order valence-electron chi connectivity index (χ2n) is 8.30. The number of carbonyl (C=O) groups excluding carboxylic acids is 1. The Morgan fingerprint density at radius 1 is 1.03 bits per heavy atom. The van der Waals surface area contributed by atoms with Crippen LogP contribution in [-0.2, 0) is 9.53 Å². The Labute approximate surface area is 190 Å². The van der Waals surface area contributed by atoms with Crippen LogP contribution in [0.1, 0.15) is 61.4 Å². The number of methoxy groups -OCH3 is 2. The largest absolute Gasteiger partial charge is 0.493 e. The minimum absolute atomic E-state index is 0.0163. The third-order valence-corrected chi connectivity index (χ3v) is 5.30. The van der Waals surface area contributed by atoms with Crippen molar-refractivity contribution in [2.75, 3.05) is 27.4 Å². The van der Waals surface area contributed by atoms with Gasteiger partial charge in [-0.05, 0) is 42.9 Å². The fourth-order valence-electron chi connectivity index (χ4n) is 3.28. The summed E-state index contributed by atoms with van der Waals surface area (Å²) in [5.41, 5.74) is 0.400. The highest BCUT2D eigenvalue weighted by molar-refractivity contribution is 5.98. The molecule has 2 atom stereocenters. The Morgan fingerprint density at radius 3 is 2.23 bits per heavy atom. The number of carbonyl (C=O) groups is 2. The molecule has 0 fully saturated rings. The van der Waals surface area contributed by atoms with E-state index in [1.54, 1.807) is 13.2 Å². The van der Waals surface area contributed by atoms with Gasteiger partial charge in [-0.2, -0.15) is 0 Å². The zero-order chi connectivity index (χ0) is 25.9. The van der Waals surface area contributed by atoms with Crippen LogP contribution in [0.3, 0.4) is 0 Å². The van der Waals surface area contributed by atoms with E-state index in [0.717, 1.165) is 0 Å². The zero-order valence-electron chi connectivity index (χ0n) is 22.2. The predicted molar refractivity (Wildman–Crippen MR) is 122 cm³/mol. The molecule has 0 aliphatic rings. The lowest BCUT2D eigenvalue weighted by atomic mass is 9.84. The highest BCUT2D eigenvalue weighted by Crippen LogP contribution is 2.31. The molecule has 0 saturated carbocycles. The van der Waals surface area contributed by atoms with Gasteiger partial charge in [0.25, 0.3) is 0 Å². The summed E-state index contributed by atoms with van der Waals surface area (Å²) in [6, 6.07) is 4.51. The number of Topliss-reactive ketones (excluding diaryl/α,β-unsaturated/α-hetero) is 1. The van der Waals surface area contributed by atoms with Crippen LogP contribution in [0.25, 0.3) is 0 Å². The van der Waals surface area contributed by atoms with Gasteiger partial charge in [0, 0.05) is 31.6 Å². The molecule has 1 rings (SSSR count). The standard InChI is InChI=1S/C25H38O6/c1-17(2)20(10-7-8-11-21(18(3)4)25(27)28)24(26)19-12-13-22(30-6)23(16-19)31-15-9-14-29-5/h7-8,12-13,16-18,20-21H,9-11,14-15H2,1-6H3,(H,27,28)/t20?,21-/m0/s1/i6D3. The van der Waals surface area contributed by atoms with Gasteiger partial charge in [-0.1, -0.05) is 39.8 Å². The summed E-state index contributed by atoms with van der Waals surface area (Å²) in [5, 5.41) is 9.34. The summed E-state index contributed by atoms with van der Waals surface area (Å²) in [5.74, 6) is -1.42. The molecule has 6 nitrogen and oxygen atoms in total. The van der Waals surface area contributed by atoms with Crippen LogP contribution in [0, 0.1) is 23.7 Å². The van der Waals surface area contributed by atoms with Crippen molar-refractivity contribution >= 4 is 11.8 Å². The molecule has 1 unspecified atom stereocenters. The first-order valence-electron chi connectivity index (χ1n) is 12.2. The van der Waals surface area contributed by atoms with Crippen molar-refractivity contribution in [3.8, 4) is 11.5 Å². The molecule has 0 aromatic heterocycles. The first-order chi connectivity index (χ1) is 15.9. The number of carboxylic acids is 1. The third kappa shape index (κ3) is 8.74. The average molecular weight is 438 g/mol. The average Bonchev–Trinajstić information content (AvgIpc) is 2.72. The summed E-state index contributed by atoms with van der Waals surface area (Å²) in [6.07, 6.45) is 5.17. The number of rotatable bonds is 15. The van der Waals surface area contributed by atoms with Gasteiger partial charge >= 0.3 is 5.97 Å². The van der Waals surface area contributed by atoms with Crippen LogP contribution < -0.4 is 9.47 Å².